The zero-order chi connectivity index (χ0) is 29.6. The van der Waals surface area contributed by atoms with Crippen LogP contribution in [0.5, 0.6) is 0 Å². The Morgan fingerprint density at radius 1 is 1.00 bits per heavy atom. The fraction of sp³-hybridized carbons (Fsp3) is 0.759. The fourth-order valence-electron chi connectivity index (χ4n) is 4.63. The second-order valence-electron chi connectivity index (χ2n) is 14.6. The number of hydrogen-bond acceptors (Lipinski definition) is 7. The summed E-state index contributed by atoms with van der Waals surface area (Å²) in [5, 5.41) is 7.64. The summed E-state index contributed by atoms with van der Waals surface area (Å²) in [6, 6.07) is 6.49. The van der Waals surface area contributed by atoms with E-state index < -0.39 is 21.7 Å². The summed E-state index contributed by atoms with van der Waals surface area (Å²) in [4.78, 5) is 19.4. The van der Waals surface area contributed by atoms with Gasteiger partial charge in [0.05, 0.1) is 6.20 Å². The molecule has 40 heavy (non-hydrogen) atoms. The molecule has 11 heteroatoms. The SMILES string of the molecule is CC(C)(C)OC(=O)NC1CCC(c2cc(N(COCC[Si](C)(C)C)COCC[Si](C)(C)C)n3nccc3n2)CC1. The summed E-state index contributed by atoms with van der Waals surface area (Å²) >= 11 is 0. The molecule has 9 nitrogen and oxygen atoms in total. The maximum Gasteiger partial charge on any atom is 0.407 e. The van der Waals surface area contributed by atoms with Crippen molar-refractivity contribution >= 4 is 33.7 Å². The van der Waals surface area contributed by atoms with Crippen molar-refractivity contribution in [3.63, 3.8) is 0 Å². The minimum Gasteiger partial charge on any atom is -0.444 e. The molecule has 1 amide bonds. The van der Waals surface area contributed by atoms with Crippen molar-refractivity contribution < 1.29 is 19.0 Å². The lowest BCUT2D eigenvalue weighted by atomic mass is 9.84. The zero-order valence-electron chi connectivity index (χ0n) is 26.4. The van der Waals surface area contributed by atoms with Gasteiger partial charge in [-0.1, -0.05) is 39.3 Å². The van der Waals surface area contributed by atoms with E-state index in [0.29, 0.717) is 19.4 Å². The second-order valence-corrected chi connectivity index (χ2v) is 25.8. The molecule has 1 fully saturated rings. The van der Waals surface area contributed by atoms with Gasteiger partial charge in [-0.05, 0) is 58.5 Å². The van der Waals surface area contributed by atoms with E-state index in [1.54, 1.807) is 6.20 Å². The van der Waals surface area contributed by atoms with Crippen molar-refractivity contribution in [2.24, 2.45) is 0 Å². The highest BCUT2D eigenvalue weighted by Crippen LogP contribution is 2.34. The molecule has 226 valence electrons. The molecule has 1 saturated carbocycles. The smallest absolute Gasteiger partial charge is 0.407 e. The Morgan fingerprint density at radius 2 is 1.57 bits per heavy atom. The number of anilines is 1. The van der Waals surface area contributed by atoms with Crippen molar-refractivity contribution in [2.75, 3.05) is 31.6 Å². The first-order valence-electron chi connectivity index (χ1n) is 14.8. The van der Waals surface area contributed by atoms with Gasteiger partial charge in [-0.2, -0.15) is 9.61 Å². The normalized spacial score (nSPS) is 18.6. The third-order valence-corrected chi connectivity index (χ3v) is 10.4. The topological polar surface area (TPSA) is 90.2 Å². The number of carbonyl (C=O) groups excluding carboxylic acids is 1. The molecule has 0 saturated heterocycles. The molecule has 1 aliphatic carbocycles. The Bertz CT molecular complexity index is 1060. The van der Waals surface area contributed by atoms with Crippen LogP contribution < -0.4 is 10.2 Å². The van der Waals surface area contributed by atoms with Crippen LogP contribution in [0.2, 0.25) is 51.4 Å². The molecule has 0 unspecified atom stereocenters. The Labute approximate surface area is 243 Å². The number of carbonyl (C=O) groups is 1. The average molecular weight is 592 g/mol. The quantitative estimate of drug-likeness (QED) is 0.157. The number of amides is 1. The van der Waals surface area contributed by atoms with Crippen molar-refractivity contribution in [3.8, 4) is 0 Å². The molecular formula is C29H53N5O4Si2. The first-order valence-corrected chi connectivity index (χ1v) is 22.3. The molecule has 3 rings (SSSR count). The lowest BCUT2D eigenvalue weighted by Gasteiger charge is -2.31. The van der Waals surface area contributed by atoms with E-state index in [4.69, 9.17) is 19.2 Å². The molecule has 1 aliphatic rings. The largest absolute Gasteiger partial charge is 0.444 e. The van der Waals surface area contributed by atoms with Crippen LogP contribution in [0.3, 0.4) is 0 Å². The number of rotatable bonds is 13. The maximum absolute atomic E-state index is 12.3. The summed E-state index contributed by atoms with van der Waals surface area (Å²) < 4.78 is 19.7. The Balaban J connectivity index is 1.72. The highest BCUT2D eigenvalue weighted by molar-refractivity contribution is 6.76. The Hall–Kier alpha value is -1.96. The van der Waals surface area contributed by atoms with E-state index in [-0.39, 0.29) is 12.1 Å². The third kappa shape index (κ3) is 11.1. The van der Waals surface area contributed by atoms with Crippen LogP contribution in [0.1, 0.15) is 58.1 Å². The van der Waals surface area contributed by atoms with Crippen molar-refractivity contribution in [3.05, 3.63) is 24.0 Å². The van der Waals surface area contributed by atoms with Gasteiger partial charge in [0.2, 0.25) is 0 Å². The average Bonchev–Trinajstić information content (AvgIpc) is 3.29. The molecule has 0 aliphatic heterocycles. The second kappa shape index (κ2) is 13.8. The fourth-order valence-corrected chi connectivity index (χ4v) is 6.15. The lowest BCUT2D eigenvalue weighted by Crippen LogP contribution is -2.40. The van der Waals surface area contributed by atoms with Crippen molar-refractivity contribution in [2.45, 2.75) is 115 Å². The van der Waals surface area contributed by atoms with Crippen LogP contribution in [-0.4, -0.2) is 75.2 Å². The van der Waals surface area contributed by atoms with Crippen LogP contribution in [0.25, 0.3) is 5.65 Å². The Morgan fingerprint density at radius 3 is 2.10 bits per heavy atom. The van der Waals surface area contributed by atoms with Gasteiger partial charge in [-0.25, -0.2) is 9.78 Å². The van der Waals surface area contributed by atoms with E-state index in [1.807, 2.05) is 31.4 Å². The number of nitrogens with zero attached hydrogens (tertiary/aromatic N) is 4. The van der Waals surface area contributed by atoms with Gasteiger partial charge in [0.1, 0.15) is 24.9 Å². The number of ether oxygens (including phenoxy) is 3. The molecule has 0 spiro atoms. The highest BCUT2D eigenvalue weighted by atomic mass is 28.3. The summed E-state index contributed by atoms with van der Waals surface area (Å²) in [7, 11) is -2.37. The standard InChI is InChI=1S/C29H53N5O4Si2/c1-29(2,3)38-28(35)31-24-12-10-23(11-13-24)25-20-27(34-26(32-25)14-15-30-34)33(21-36-16-18-39(4,5)6)22-37-17-19-40(7,8)9/h14-15,20,23-24H,10-13,16-19,21-22H2,1-9H3,(H,31,35). The van der Waals surface area contributed by atoms with Crippen LogP contribution >= 0.6 is 0 Å². The van der Waals surface area contributed by atoms with Crippen LogP contribution in [0.15, 0.2) is 18.3 Å². The molecule has 2 aromatic rings. The molecule has 0 aromatic carbocycles. The number of alkyl carbamates (subject to hydrolysis) is 1. The van der Waals surface area contributed by atoms with Crippen LogP contribution in [0.4, 0.5) is 10.6 Å². The summed E-state index contributed by atoms with van der Waals surface area (Å²) in [6.45, 7) is 22.3. The Kier molecular flexibility index (Phi) is 11.2. The first-order chi connectivity index (χ1) is 18.6. The van der Waals surface area contributed by atoms with Crippen molar-refractivity contribution in [1.29, 1.82) is 0 Å². The first kappa shape index (κ1) is 32.6. The molecule has 2 aromatic heterocycles. The van der Waals surface area contributed by atoms with Gasteiger partial charge in [0.25, 0.3) is 0 Å². The van der Waals surface area contributed by atoms with E-state index in [0.717, 1.165) is 68.1 Å². The predicted octanol–water partition coefficient (Wildman–Crippen LogP) is 6.71. The minimum atomic E-state index is -1.19. The van der Waals surface area contributed by atoms with Gasteiger partial charge >= 0.3 is 6.09 Å². The number of hydrogen-bond donors (Lipinski definition) is 1. The predicted molar refractivity (Wildman–Crippen MR) is 168 cm³/mol. The van der Waals surface area contributed by atoms with Crippen LogP contribution in [-0.2, 0) is 14.2 Å². The van der Waals surface area contributed by atoms with Gasteiger partial charge < -0.3 is 24.4 Å². The van der Waals surface area contributed by atoms with Crippen LogP contribution in [0, 0.1) is 0 Å². The number of fused-ring (bicyclic) bond motifs is 1. The van der Waals surface area contributed by atoms with Gasteiger partial charge in [0.15, 0.2) is 5.65 Å². The molecular weight excluding hydrogens is 539 g/mol. The molecule has 0 atom stereocenters. The van der Waals surface area contributed by atoms with Gasteiger partial charge in [-0.3, -0.25) is 0 Å². The molecule has 2 heterocycles. The molecule has 0 bridgehead atoms. The molecule has 1 N–H and O–H groups in total. The lowest BCUT2D eigenvalue weighted by molar-refractivity contribution is 0.0491. The van der Waals surface area contributed by atoms with E-state index in [2.05, 4.69) is 60.7 Å². The molecule has 0 radical (unpaired) electrons. The highest BCUT2D eigenvalue weighted by Gasteiger charge is 2.28. The summed E-state index contributed by atoms with van der Waals surface area (Å²) in [5.41, 5.74) is 1.40. The number of nitrogens with one attached hydrogen (secondary N) is 1. The van der Waals surface area contributed by atoms with E-state index in [1.165, 1.54) is 0 Å². The maximum atomic E-state index is 12.3. The van der Waals surface area contributed by atoms with Gasteiger partial charge in [0, 0.05) is 59.1 Å². The van der Waals surface area contributed by atoms with Gasteiger partial charge in [-0.15, -0.1) is 0 Å². The zero-order valence-corrected chi connectivity index (χ0v) is 28.4. The number of aromatic nitrogens is 3. The van der Waals surface area contributed by atoms with E-state index in [9.17, 15) is 4.79 Å². The van der Waals surface area contributed by atoms with E-state index >= 15 is 0 Å². The minimum absolute atomic E-state index is 0.125. The third-order valence-electron chi connectivity index (χ3n) is 7.04. The monoisotopic (exact) mass is 591 g/mol. The summed E-state index contributed by atoms with van der Waals surface area (Å²) in [6.07, 6.45) is 5.17. The van der Waals surface area contributed by atoms with Crippen molar-refractivity contribution in [1.82, 2.24) is 19.9 Å². The summed E-state index contributed by atoms with van der Waals surface area (Å²) in [5.74, 6) is 1.26.